The molecular formula is C40H24S2. The molecule has 0 nitrogen and oxygen atoms in total. The van der Waals surface area contributed by atoms with Crippen LogP contribution in [0.3, 0.4) is 0 Å². The number of rotatable bonds is 3. The van der Waals surface area contributed by atoms with Gasteiger partial charge < -0.3 is 0 Å². The van der Waals surface area contributed by atoms with E-state index < -0.39 is 0 Å². The molecule has 196 valence electrons. The average Bonchev–Trinajstić information content (AvgIpc) is 3.63. The van der Waals surface area contributed by atoms with Gasteiger partial charge in [-0.15, -0.1) is 22.7 Å². The standard InChI is InChI=1S/C40H24S2/c1-3-13-25(14-4-1)35-28-18-7-9-20-30(28)37(31-21-10-8-19-29(31)35)40-36(26-15-5-2-6-16-26)33-24-23-32-27-17-11-12-22-34(27)41-38(32)39(33)42-40/h1-24H. The van der Waals surface area contributed by atoms with Crippen molar-refractivity contribution in [1.29, 1.82) is 0 Å². The van der Waals surface area contributed by atoms with E-state index in [0.29, 0.717) is 0 Å². The van der Waals surface area contributed by atoms with Crippen LogP contribution in [-0.4, -0.2) is 0 Å². The van der Waals surface area contributed by atoms with E-state index in [-0.39, 0.29) is 0 Å². The van der Waals surface area contributed by atoms with Crippen molar-refractivity contribution in [3.63, 3.8) is 0 Å². The van der Waals surface area contributed by atoms with Gasteiger partial charge in [0.15, 0.2) is 0 Å². The molecule has 7 aromatic carbocycles. The lowest BCUT2D eigenvalue weighted by Crippen LogP contribution is -1.90. The molecule has 2 heterocycles. The van der Waals surface area contributed by atoms with E-state index >= 15 is 0 Å². The minimum atomic E-state index is 1.25. The Hall–Kier alpha value is -4.76. The Labute approximate surface area is 251 Å². The fourth-order valence-corrected chi connectivity index (χ4v) is 9.43. The Morgan fingerprint density at radius 3 is 1.36 bits per heavy atom. The van der Waals surface area contributed by atoms with Crippen molar-refractivity contribution in [1.82, 2.24) is 0 Å². The van der Waals surface area contributed by atoms with Gasteiger partial charge in [-0.25, -0.2) is 0 Å². The quantitative estimate of drug-likeness (QED) is 0.186. The Kier molecular flexibility index (Phi) is 5.34. The number of hydrogen-bond acceptors (Lipinski definition) is 2. The van der Waals surface area contributed by atoms with Crippen LogP contribution in [0.5, 0.6) is 0 Å². The van der Waals surface area contributed by atoms with Gasteiger partial charge >= 0.3 is 0 Å². The van der Waals surface area contributed by atoms with Crippen LogP contribution < -0.4 is 0 Å². The van der Waals surface area contributed by atoms with Gasteiger partial charge in [0.25, 0.3) is 0 Å². The van der Waals surface area contributed by atoms with Gasteiger partial charge in [0, 0.05) is 36.9 Å². The molecule has 0 aliphatic heterocycles. The highest BCUT2D eigenvalue weighted by atomic mass is 32.1. The third kappa shape index (κ3) is 3.46. The summed E-state index contributed by atoms with van der Waals surface area (Å²) >= 11 is 3.88. The fourth-order valence-electron chi connectivity index (χ4n) is 6.69. The third-order valence-electron chi connectivity index (χ3n) is 8.49. The van der Waals surface area contributed by atoms with Crippen LogP contribution in [0.4, 0.5) is 0 Å². The van der Waals surface area contributed by atoms with Gasteiger partial charge in [0.1, 0.15) is 0 Å². The molecule has 0 aliphatic rings. The minimum Gasteiger partial charge on any atom is -0.134 e. The van der Waals surface area contributed by atoms with Crippen molar-refractivity contribution < 1.29 is 0 Å². The van der Waals surface area contributed by atoms with Crippen molar-refractivity contribution in [2.24, 2.45) is 0 Å². The molecule has 0 N–H and O–H groups in total. The molecule has 0 radical (unpaired) electrons. The summed E-state index contributed by atoms with van der Waals surface area (Å²) in [6, 6.07) is 53.3. The molecule has 2 aromatic heterocycles. The molecule has 2 heteroatoms. The Bertz CT molecular complexity index is 2390. The second kappa shape index (κ2) is 9.39. The molecule has 0 atom stereocenters. The van der Waals surface area contributed by atoms with Crippen LogP contribution in [-0.2, 0) is 0 Å². The summed E-state index contributed by atoms with van der Waals surface area (Å²) in [5.41, 5.74) is 6.48. The van der Waals surface area contributed by atoms with Crippen LogP contribution in [0.15, 0.2) is 146 Å². The largest absolute Gasteiger partial charge is 0.134 e. The fraction of sp³-hybridized carbons (Fsp3) is 0. The summed E-state index contributed by atoms with van der Waals surface area (Å²) in [7, 11) is 0. The predicted octanol–water partition coefficient (Wildman–Crippen LogP) is 12.6. The molecule has 0 bridgehead atoms. The summed E-state index contributed by atoms with van der Waals surface area (Å²) in [6.45, 7) is 0. The summed E-state index contributed by atoms with van der Waals surface area (Å²) in [6.07, 6.45) is 0. The van der Waals surface area contributed by atoms with Gasteiger partial charge in [-0.3, -0.25) is 0 Å². The summed E-state index contributed by atoms with van der Waals surface area (Å²) in [5, 5.41) is 9.21. The maximum atomic E-state index is 2.36. The summed E-state index contributed by atoms with van der Waals surface area (Å²) in [4.78, 5) is 1.34. The monoisotopic (exact) mass is 568 g/mol. The zero-order valence-corrected chi connectivity index (χ0v) is 24.3. The molecule has 42 heavy (non-hydrogen) atoms. The highest BCUT2D eigenvalue weighted by molar-refractivity contribution is 7.32. The molecule has 0 saturated carbocycles. The van der Waals surface area contributed by atoms with E-state index in [4.69, 9.17) is 0 Å². The molecule has 0 amide bonds. The zero-order chi connectivity index (χ0) is 27.6. The van der Waals surface area contributed by atoms with Crippen LogP contribution in [0.1, 0.15) is 0 Å². The topological polar surface area (TPSA) is 0 Å². The van der Waals surface area contributed by atoms with Gasteiger partial charge in [-0.1, -0.05) is 140 Å². The Morgan fingerprint density at radius 2 is 0.738 bits per heavy atom. The molecular weight excluding hydrogens is 545 g/mol. The van der Waals surface area contributed by atoms with Crippen molar-refractivity contribution >= 4 is 74.5 Å². The van der Waals surface area contributed by atoms with E-state index in [2.05, 4.69) is 146 Å². The number of hydrogen-bond donors (Lipinski definition) is 0. The smallest absolute Gasteiger partial charge is 0.0534 e. The second-order valence-corrected chi connectivity index (χ2v) is 12.9. The molecule has 0 saturated heterocycles. The highest BCUT2D eigenvalue weighted by Gasteiger charge is 2.23. The van der Waals surface area contributed by atoms with Gasteiger partial charge in [0.05, 0.1) is 9.40 Å². The lowest BCUT2D eigenvalue weighted by atomic mass is 9.86. The zero-order valence-electron chi connectivity index (χ0n) is 22.7. The van der Waals surface area contributed by atoms with Gasteiger partial charge in [0.2, 0.25) is 0 Å². The van der Waals surface area contributed by atoms with Crippen molar-refractivity contribution in [2.45, 2.75) is 0 Å². The number of thiophene rings is 2. The second-order valence-electron chi connectivity index (χ2n) is 10.8. The molecule has 9 rings (SSSR count). The lowest BCUT2D eigenvalue weighted by molar-refractivity contribution is 1.66. The van der Waals surface area contributed by atoms with Crippen LogP contribution in [0.2, 0.25) is 0 Å². The Morgan fingerprint density at radius 1 is 0.286 bits per heavy atom. The number of benzene rings is 7. The molecule has 0 unspecified atom stereocenters. The van der Waals surface area contributed by atoms with Crippen molar-refractivity contribution in [3.8, 4) is 32.7 Å². The highest BCUT2D eigenvalue weighted by Crippen LogP contribution is 2.53. The van der Waals surface area contributed by atoms with Crippen LogP contribution >= 0.6 is 22.7 Å². The summed E-state index contributed by atoms with van der Waals surface area (Å²) < 4.78 is 4.11. The average molecular weight is 569 g/mol. The molecule has 0 spiro atoms. The van der Waals surface area contributed by atoms with E-state index in [1.807, 2.05) is 22.7 Å². The first kappa shape index (κ1) is 23.9. The minimum absolute atomic E-state index is 1.25. The lowest BCUT2D eigenvalue weighted by Gasteiger charge is -2.18. The maximum Gasteiger partial charge on any atom is 0.0534 e. The van der Waals surface area contributed by atoms with Gasteiger partial charge in [-0.05, 0) is 44.3 Å². The summed E-state index contributed by atoms with van der Waals surface area (Å²) in [5.74, 6) is 0. The first-order valence-electron chi connectivity index (χ1n) is 14.3. The van der Waals surface area contributed by atoms with E-state index in [0.717, 1.165) is 0 Å². The molecule has 0 fully saturated rings. The van der Waals surface area contributed by atoms with Crippen molar-refractivity contribution in [3.05, 3.63) is 146 Å². The number of fused-ring (bicyclic) bond motifs is 7. The van der Waals surface area contributed by atoms with Gasteiger partial charge in [-0.2, -0.15) is 0 Å². The first-order valence-corrected chi connectivity index (χ1v) is 15.9. The SMILES string of the molecule is c1ccc(-c2c3ccccc3c(-c3sc4c(ccc5c6ccccc6sc54)c3-c3ccccc3)c3ccccc23)cc1. The Balaban J connectivity index is 1.48. The predicted molar refractivity (Wildman–Crippen MR) is 186 cm³/mol. The third-order valence-corrected chi connectivity index (χ3v) is 11.1. The maximum absolute atomic E-state index is 2.36. The normalized spacial score (nSPS) is 11.8. The van der Waals surface area contributed by atoms with E-state index in [9.17, 15) is 0 Å². The van der Waals surface area contributed by atoms with E-state index in [1.165, 1.54) is 84.5 Å². The molecule has 0 aliphatic carbocycles. The van der Waals surface area contributed by atoms with Crippen molar-refractivity contribution in [2.75, 3.05) is 0 Å². The first-order chi connectivity index (χ1) is 20.9. The van der Waals surface area contributed by atoms with Crippen LogP contribution in [0, 0.1) is 0 Å². The molecule has 9 aromatic rings. The van der Waals surface area contributed by atoms with Crippen LogP contribution in [0.25, 0.3) is 84.5 Å². The van der Waals surface area contributed by atoms with E-state index in [1.54, 1.807) is 0 Å².